The van der Waals surface area contributed by atoms with Crippen molar-refractivity contribution in [3.05, 3.63) is 35.9 Å². The van der Waals surface area contributed by atoms with E-state index in [9.17, 15) is 18.3 Å². The molecule has 1 aliphatic carbocycles. The zero-order valence-corrected chi connectivity index (χ0v) is 9.35. The fourth-order valence-corrected chi connectivity index (χ4v) is 2.19. The highest BCUT2D eigenvalue weighted by molar-refractivity contribution is 5.49. The Balaban J connectivity index is 2.24. The van der Waals surface area contributed by atoms with Gasteiger partial charge in [0.05, 0.1) is 35.4 Å². The lowest BCUT2D eigenvalue weighted by Gasteiger charge is -2.19. The third kappa shape index (κ3) is 1.77. The fraction of sp³-hybridized carbons (Fsp3) is 0.417. The minimum Gasteiger partial charge on any atom is -0.387 e. The zero-order valence-electron chi connectivity index (χ0n) is 9.35. The number of fused-ring (bicyclic) bond motifs is 1. The number of pyridine rings is 1. The molecule has 6 heteroatoms. The molecule has 3 rings (SSSR count). The maximum atomic E-state index is 13.0. The van der Waals surface area contributed by atoms with Crippen LogP contribution < -0.4 is 0 Å². The molecule has 1 N–H and O–H groups in total. The van der Waals surface area contributed by atoms with Gasteiger partial charge in [0.1, 0.15) is 0 Å². The normalized spacial score (nSPS) is 18.2. The number of hydrogen-bond donors (Lipinski definition) is 1. The molecule has 2 aromatic heterocycles. The standard InChI is InChI=1S/C12H11F3N2O/c13-12(14,15)9-4-3-8-5-16-6-17(8)10(9)11(18)7-1-2-7/h3-7,11,18H,1-2H2. The second-order valence-corrected chi connectivity index (χ2v) is 4.60. The molecule has 2 aromatic rings. The first-order valence-corrected chi connectivity index (χ1v) is 5.68. The van der Waals surface area contributed by atoms with Gasteiger partial charge in [-0.15, -0.1) is 0 Å². The topological polar surface area (TPSA) is 37.5 Å². The lowest BCUT2D eigenvalue weighted by Crippen LogP contribution is -2.16. The van der Waals surface area contributed by atoms with E-state index in [0.717, 1.165) is 18.9 Å². The van der Waals surface area contributed by atoms with Crippen molar-refractivity contribution in [1.82, 2.24) is 9.38 Å². The summed E-state index contributed by atoms with van der Waals surface area (Å²) in [4.78, 5) is 3.83. The number of hydrogen-bond acceptors (Lipinski definition) is 2. The van der Waals surface area contributed by atoms with Crippen LogP contribution in [0.25, 0.3) is 5.52 Å². The minimum atomic E-state index is -4.47. The van der Waals surface area contributed by atoms with E-state index in [4.69, 9.17) is 0 Å². The number of rotatable bonds is 2. The molecular weight excluding hydrogens is 245 g/mol. The predicted molar refractivity (Wildman–Crippen MR) is 57.9 cm³/mol. The highest BCUT2D eigenvalue weighted by Gasteiger charge is 2.40. The summed E-state index contributed by atoms with van der Waals surface area (Å²) < 4.78 is 40.3. The molecule has 0 aliphatic heterocycles. The van der Waals surface area contributed by atoms with Crippen LogP contribution in [-0.2, 0) is 6.18 Å². The van der Waals surface area contributed by atoms with Crippen molar-refractivity contribution in [3.8, 4) is 0 Å². The molecule has 96 valence electrons. The van der Waals surface area contributed by atoms with Crippen LogP contribution in [0.3, 0.4) is 0 Å². The molecule has 1 saturated carbocycles. The summed E-state index contributed by atoms with van der Waals surface area (Å²) in [5.74, 6) is -0.0703. The van der Waals surface area contributed by atoms with Crippen LogP contribution in [0.15, 0.2) is 24.7 Å². The number of aliphatic hydroxyl groups is 1. The Hall–Kier alpha value is -1.56. The summed E-state index contributed by atoms with van der Waals surface area (Å²) in [6.07, 6.45) is -1.23. The van der Waals surface area contributed by atoms with Crippen LogP contribution in [0.4, 0.5) is 13.2 Å². The smallest absolute Gasteiger partial charge is 0.387 e. The fourth-order valence-electron chi connectivity index (χ4n) is 2.19. The number of aromatic nitrogens is 2. The molecule has 3 nitrogen and oxygen atoms in total. The average Bonchev–Trinajstić information content (AvgIpc) is 3.03. The second kappa shape index (κ2) is 3.71. The van der Waals surface area contributed by atoms with Gasteiger partial charge in [0.2, 0.25) is 0 Å². The Labute approximate surface area is 101 Å². The van der Waals surface area contributed by atoms with Crippen molar-refractivity contribution >= 4 is 5.52 Å². The molecule has 1 fully saturated rings. The highest BCUT2D eigenvalue weighted by Crippen LogP contribution is 2.44. The second-order valence-electron chi connectivity index (χ2n) is 4.60. The average molecular weight is 256 g/mol. The molecule has 0 bridgehead atoms. The van der Waals surface area contributed by atoms with Gasteiger partial charge in [0, 0.05) is 0 Å². The largest absolute Gasteiger partial charge is 0.418 e. The van der Waals surface area contributed by atoms with Crippen molar-refractivity contribution in [3.63, 3.8) is 0 Å². The number of alkyl halides is 3. The van der Waals surface area contributed by atoms with Gasteiger partial charge in [0.25, 0.3) is 0 Å². The third-order valence-electron chi connectivity index (χ3n) is 3.28. The van der Waals surface area contributed by atoms with Gasteiger partial charge in [-0.1, -0.05) is 0 Å². The summed E-state index contributed by atoms with van der Waals surface area (Å²) in [5, 5.41) is 10.1. The van der Waals surface area contributed by atoms with E-state index in [-0.39, 0.29) is 11.6 Å². The van der Waals surface area contributed by atoms with Gasteiger partial charge < -0.3 is 5.11 Å². The van der Waals surface area contributed by atoms with E-state index in [1.54, 1.807) is 0 Å². The quantitative estimate of drug-likeness (QED) is 0.897. The lowest BCUT2D eigenvalue weighted by atomic mass is 10.0. The molecule has 1 unspecified atom stereocenters. The monoisotopic (exact) mass is 256 g/mol. The van der Waals surface area contributed by atoms with Gasteiger partial charge in [-0.05, 0) is 30.9 Å². The molecule has 1 atom stereocenters. The van der Waals surface area contributed by atoms with Crippen LogP contribution in [0.1, 0.15) is 30.2 Å². The Morgan fingerprint density at radius 2 is 2.06 bits per heavy atom. The molecule has 1 aliphatic rings. The first kappa shape index (κ1) is 11.5. The number of aliphatic hydroxyl groups excluding tert-OH is 1. The summed E-state index contributed by atoms with van der Waals surface area (Å²) in [5.41, 5.74) is -0.329. The first-order valence-electron chi connectivity index (χ1n) is 5.68. The molecule has 0 saturated heterocycles. The maximum absolute atomic E-state index is 13.0. The summed E-state index contributed by atoms with van der Waals surface area (Å²) in [6.45, 7) is 0. The van der Waals surface area contributed by atoms with Gasteiger partial charge >= 0.3 is 6.18 Å². The number of nitrogens with zero attached hydrogens (tertiary/aromatic N) is 2. The van der Waals surface area contributed by atoms with Gasteiger partial charge in [0.15, 0.2) is 0 Å². The lowest BCUT2D eigenvalue weighted by molar-refractivity contribution is -0.139. The van der Waals surface area contributed by atoms with E-state index >= 15 is 0 Å². The highest BCUT2D eigenvalue weighted by atomic mass is 19.4. The van der Waals surface area contributed by atoms with E-state index in [0.29, 0.717) is 5.52 Å². The molecule has 0 amide bonds. The van der Waals surface area contributed by atoms with Gasteiger partial charge in [-0.25, -0.2) is 4.98 Å². The Morgan fingerprint density at radius 1 is 1.33 bits per heavy atom. The van der Waals surface area contributed by atoms with Crippen LogP contribution >= 0.6 is 0 Å². The molecule has 0 radical (unpaired) electrons. The Morgan fingerprint density at radius 3 is 2.67 bits per heavy atom. The predicted octanol–water partition coefficient (Wildman–Crippen LogP) is 2.80. The van der Waals surface area contributed by atoms with Crippen molar-refractivity contribution in [2.24, 2.45) is 5.92 Å². The SMILES string of the molecule is OC(c1c(C(F)(F)F)ccc2cncn12)C1CC1. The molecule has 0 aromatic carbocycles. The zero-order chi connectivity index (χ0) is 12.9. The number of imidazole rings is 1. The Bertz CT molecular complexity index is 587. The first-order chi connectivity index (χ1) is 8.48. The Kier molecular flexibility index (Phi) is 2.38. The van der Waals surface area contributed by atoms with E-state index in [2.05, 4.69) is 4.98 Å². The van der Waals surface area contributed by atoms with Gasteiger partial charge in [-0.2, -0.15) is 13.2 Å². The molecule has 18 heavy (non-hydrogen) atoms. The van der Waals surface area contributed by atoms with E-state index < -0.39 is 17.8 Å². The summed E-state index contributed by atoms with van der Waals surface area (Å²) >= 11 is 0. The third-order valence-corrected chi connectivity index (χ3v) is 3.28. The van der Waals surface area contributed by atoms with Crippen LogP contribution in [-0.4, -0.2) is 14.5 Å². The summed E-state index contributed by atoms with van der Waals surface area (Å²) in [7, 11) is 0. The number of halogens is 3. The molecule has 2 heterocycles. The minimum absolute atomic E-state index is 0.0703. The molecule has 0 spiro atoms. The van der Waals surface area contributed by atoms with Crippen molar-refractivity contribution in [1.29, 1.82) is 0 Å². The molecular formula is C12H11F3N2O. The van der Waals surface area contributed by atoms with Crippen LogP contribution in [0.5, 0.6) is 0 Å². The van der Waals surface area contributed by atoms with E-state index in [1.807, 2.05) is 0 Å². The van der Waals surface area contributed by atoms with Gasteiger partial charge in [-0.3, -0.25) is 4.40 Å². The van der Waals surface area contributed by atoms with Crippen LogP contribution in [0.2, 0.25) is 0 Å². The van der Waals surface area contributed by atoms with Crippen molar-refractivity contribution < 1.29 is 18.3 Å². The van der Waals surface area contributed by atoms with Crippen molar-refractivity contribution in [2.75, 3.05) is 0 Å². The van der Waals surface area contributed by atoms with E-state index in [1.165, 1.54) is 23.0 Å². The summed E-state index contributed by atoms with van der Waals surface area (Å²) in [6, 6.07) is 2.37. The van der Waals surface area contributed by atoms with Crippen molar-refractivity contribution in [2.45, 2.75) is 25.1 Å². The maximum Gasteiger partial charge on any atom is 0.418 e. The van der Waals surface area contributed by atoms with Crippen LogP contribution in [0, 0.1) is 5.92 Å².